The number of halogens is 1. The lowest BCUT2D eigenvalue weighted by Gasteiger charge is -2.08. The molecule has 1 N–H and O–H groups in total. The molecule has 0 bridgehead atoms. The van der Waals surface area contributed by atoms with Crippen molar-refractivity contribution in [2.75, 3.05) is 5.32 Å². The third kappa shape index (κ3) is 3.82. The number of aromatic nitrogens is 3. The maximum absolute atomic E-state index is 13.1. The maximum atomic E-state index is 13.1. The van der Waals surface area contributed by atoms with Gasteiger partial charge in [-0.05, 0) is 77.5 Å². The van der Waals surface area contributed by atoms with Crippen LogP contribution < -0.4 is 5.32 Å². The van der Waals surface area contributed by atoms with E-state index < -0.39 is 0 Å². The van der Waals surface area contributed by atoms with Crippen molar-refractivity contribution in [2.45, 2.75) is 6.92 Å². The SMILES string of the molecule is Cc1cc(I)ccc1NC(=O)c1cn(-c2ccccc2)nc1-c1cccnc1. The van der Waals surface area contributed by atoms with Gasteiger partial charge < -0.3 is 5.32 Å². The molecule has 0 atom stereocenters. The summed E-state index contributed by atoms with van der Waals surface area (Å²) in [4.78, 5) is 17.3. The Balaban J connectivity index is 1.76. The number of amides is 1. The summed E-state index contributed by atoms with van der Waals surface area (Å²) < 4.78 is 2.85. The number of benzene rings is 2. The minimum atomic E-state index is -0.203. The van der Waals surface area contributed by atoms with Crippen molar-refractivity contribution in [3.05, 3.63) is 94.0 Å². The minimum absolute atomic E-state index is 0.203. The molecule has 4 rings (SSSR count). The Kier molecular flexibility index (Phi) is 5.21. The monoisotopic (exact) mass is 480 g/mol. The van der Waals surface area contributed by atoms with Crippen molar-refractivity contribution in [1.29, 1.82) is 0 Å². The number of nitrogens with zero attached hydrogens (tertiary/aromatic N) is 3. The number of carbonyl (C=O) groups excluding carboxylic acids is 1. The molecule has 0 unspecified atom stereocenters. The minimum Gasteiger partial charge on any atom is -0.322 e. The molecule has 28 heavy (non-hydrogen) atoms. The Labute approximate surface area is 176 Å². The summed E-state index contributed by atoms with van der Waals surface area (Å²) in [7, 11) is 0. The van der Waals surface area contributed by atoms with Gasteiger partial charge in [0.25, 0.3) is 5.91 Å². The average Bonchev–Trinajstić information content (AvgIpc) is 3.17. The van der Waals surface area contributed by atoms with Gasteiger partial charge >= 0.3 is 0 Å². The van der Waals surface area contributed by atoms with Crippen LogP contribution in [0.2, 0.25) is 0 Å². The Morgan fingerprint density at radius 3 is 2.61 bits per heavy atom. The molecule has 0 aliphatic heterocycles. The van der Waals surface area contributed by atoms with E-state index in [1.807, 2.05) is 67.6 Å². The molecule has 0 aliphatic rings. The summed E-state index contributed by atoms with van der Waals surface area (Å²) in [6.45, 7) is 1.98. The first kappa shape index (κ1) is 18.4. The molecule has 5 nitrogen and oxygen atoms in total. The summed E-state index contributed by atoms with van der Waals surface area (Å²) in [5.74, 6) is -0.203. The molecule has 0 radical (unpaired) electrons. The van der Waals surface area contributed by atoms with Crippen molar-refractivity contribution in [1.82, 2.24) is 14.8 Å². The zero-order chi connectivity index (χ0) is 19.5. The number of pyridine rings is 1. The summed E-state index contributed by atoms with van der Waals surface area (Å²) in [6.07, 6.45) is 5.17. The van der Waals surface area contributed by atoms with Crippen molar-refractivity contribution >= 4 is 34.2 Å². The van der Waals surface area contributed by atoms with E-state index in [2.05, 4.69) is 38.0 Å². The van der Waals surface area contributed by atoms with E-state index in [0.717, 1.165) is 26.1 Å². The van der Waals surface area contributed by atoms with Crippen LogP contribution in [0.1, 0.15) is 15.9 Å². The smallest absolute Gasteiger partial charge is 0.259 e. The number of para-hydroxylation sites is 1. The van der Waals surface area contributed by atoms with Crippen molar-refractivity contribution < 1.29 is 4.79 Å². The van der Waals surface area contributed by atoms with Crippen molar-refractivity contribution in [2.24, 2.45) is 0 Å². The van der Waals surface area contributed by atoms with Crippen LogP contribution in [0.5, 0.6) is 0 Å². The second kappa shape index (κ2) is 7.93. The number of nitrogens with one attached hydrogen (secondary N) is 1. The molecule has 0 aliphatic carbocycles. The van der Waals surface area contributed by atoms with Crippen molar-refractivity contribution in [3.63, 3.8) is 0 Å². The fraction of sp³-hybridized carbons (Fsp3) is 0.0455. The third-order valence-corrected chi connectivity index (χ3v) is 5.02. The second-order valence-electron chi connectivity index (χ2n) is 6.33. The Hall–Kier alpha value is -3.00. The lowest BCUT2D eigenvalue weighted by Crippen LogP contribution is -2.13. The van der Waals surface area contributed by atoms with Gasteiger partial charge in [-0.2, -0.15) is 5.10 Å². The summed E-state index contributed by atoms with van der Waals surface area (Å²) in [6, 6.07) is 19.4. The van der Waals surface area contributed by atoms with E-state index >= 15 is 0 Å². The Morgan fingerprint density at radius 2 is 1.89 bits per heavy atom. The molecular weight excluding hydrogens is 463 g/mol. The van der Waals surface area contributed by atoms with Gasteiger partial charge in [-0.3, -0.25) is 9.78 Å². The van der Waals surface area contributed by atoms with E-state index in [1.165, 1.54) is 0 Å². The topological polar surface area (TPSA) is 59.8 Å². The fourth-order valence-electron chi connectivity index (χ4n) is 2.93. The van der Waals surface area contributed by atoms with Gasteiger partial charge in [0.05, 0.1) is 11.3 Å². The first-order valence-corrected chi connectivity index (χ1v) is 9.83. The van der Waals surface area contributed by atoms with E-state index in [-0.39, 0.29) is 5.91 Å². The second-order valence-corrected chi connectivity index (χ2v) is 7.57. The van der Waals surface area contributed by atoms with Crippen molar-refractivity contribution in [3.8, 4) is 16.9 Å². The first-order chi connectivity index (χ1) is 13.6. The number of rotatable bonds is 4. The Morgan fingerprint density at radius 1 is 1.07 bits per heavy atom. The third-order valence-electron chi connectivity index (χ3n) is 4.35. The van der Waals surface area contributed by atoms with Crippen LogP contribution in [0.4, 0.5) is 5.69 Å². The molecule has 0 spiro atoms. The van der Waals surface area contributed by atoms with Gasteiger partial charge in [0.15, 0.2) is 0 Å². The molecule has 0 saturated heterocycles. The van der Waals surface area contributed by atoms with Gasteiger partial charge in [-0.15, -0.1) is 0 Å². The van der Waals surface area contributed by atoms with Crippen LogP contribution >= 0.6 is 22.6 Å². The fourth-order valence-corrected chi connectivity index (χ4v) is 3.57. The molecular formula is C22H17IN4O. The highest BCUT2D eigenvalue weighted by Crippen LogP contribution is 2.25. The zero-order valence-corrected chi connectivity index (χ0v) is 17.3. The van der Waals surface area contributed by atoms with Crippen LogP contribution in [0, 0.1) is 10.5 Å². The number of anilines is 1. The molecule has 2 aromatic heterocycles. The molecule has 2 aromatic carbocycles. The normalized spacial score (nSPS) is 10.6. The van der Waals surface area contributed by atoms with E-state index in [0.29, 0.717) is 11.3 Å². The van der Waals surface area contributed by atoms with Crippen LogP contribution in [-0.4, -0.2) is 20.7 Å². The number of hydrogen-bond acceptors (Lipinski definition) is 3. The standard InChI is InChI=1S/C22H17IN4O/c1-15-12-17(23)9-10-20(15)25-22(28)19-14-27(18-7-3-2-4-8-18)26-21(19)16-6-5-11-24-13-16/h2-14H,1H3,(H,25,28). The predicted molar refractivity (Wildman–Crippen MR) is 119 cm³/mol. The van der Waals surface area contributed by atoms with Crippen LogP contribution in [-0.2, 0) is 0 Å². The molecule has 138 valence electrons. The molecule has 4 aromatic rings. The van der Waals surface area contributed by atoms with Gasteiger partial charge in [0.1, 0.15) is 5.69 Å². The van der Waals surface area contributed by atoms with Gasteiger partial charge in [0.2, 0.25) is 0 Å². The summed E-state index contributed by atoms with van der Waals surface area (Å²) >= 11 is 2.26. The first-order valence-electron chi connectivity index (χ1n) is 8.75. The van der Waals surface area contributed by atoms with Gasteiger partial charge in [-0.1, -0.05) is 18.2 Å². The Bertz CT molecular complexity index is 1120. The largest absolute Gasteiger partial charge is 0.322 e. The van der Waals surface area contributed by atoms with Gasteiger partial charge in [-0.25, -0.2) is 4.68 Å². The van der Waals surface area contributed by atoms with E-state index in [9.17, 15) is 4.79 Å². The van der Waals surface area contributed by atoms with Crippen LogP contribution in [0.3, 0.4) is 0 Å². The van der Waals surface area contributed by atoms with E-state index in [4.69, 9.17) is 0 Å². The average molecular weight is 480 g/mol. The number of carbonyl (C=O) groups is 1. The lowest BCUT2D eigenvalue weighted by molar-refractivity contribution is 0.102. The lowest BCUT2D eigenvalue weighted by atomic mass is 10.1. The van der Waals surface area contributed by atoms with E-state index in [1.54, 1.807) is 23.3 Å². The van der Waals surface area contributed by atoms with Crippen LogP contribution in [0.25, 0.3) is 16.9 Å². The summed E-state index contributed by atoms with van der Waals surface area (Å²) in [5, 5.41) is 7.68. The zero-order valence-electron chi connectivity index (χ0n) is 15.1. The number of aryl methyl sites for hydroxylation is 1. The highest BCUT2D eigenvalue weighted by Gasteiger charge is 2.19. The predicted octanol–water partition coefficient (Wildman–Crippen LogP) is 5.10. The molecule has 0 fully saturated rings. The molecule has 2 heterocycles. The molecule has 6 heteroatoms. The highest BCUT2D eigenvalue weighted by molar-refractivity contribution is 14.1. The van der Waals surface area contributed by atoms with Gasteiger partial charge in [0, 0.05) is 33.4 Å². The molecule has 1 amide bonds. The molecule has 0 saturated carbocycles. The van der Waals surface area contributed by atoms with Crippen LogP contribution in [0.15, 0.2) is 79.3 Å². The maximum Gasteiger partial charge on any atom is 0.259 e. The number of hydrogen-bond donors (Lipinski definition) is 1. The highest BCUT2D eigenvalue weighted by atomic mass is 127. The quantitative estimate of drug-likeness (QED) is 0.414. The summed E-state index contributed by atoms with van der Waals surface area (Å²) in [5.41, 5.74) is 4.57.